The molecule has 8 heteroatoms. The van der Waals surface area contributed by atoms with Gasteiger partial charge in [0.15, 0.2) is 0 Å². The number of sulfonamides is 1. The molecule has 0 fully saturated rings. The number of aromatic nitrogens is 1. The zero-order valence-corrected chi connectivity index (χ0v) is 10.3. The van der Waals surface area contributed by atoms with E-state index in [2.05, 4.69) is 4.98 Å². The Kier molecular flexibility index (Phi) is 5.12. The third-order valence-electron chi connectivity index (χ3n) is 2.19. The van der Waals surface area contributed by atoms with Crippen molar-refractivity contribution < 1.29 is 22.3 Å². The molecule has 18 heavy (non-hydrogen) atoms. The standard InChI is InChI=1S/C10H14F2N2O3S/c11-10(12,8-15)7-14-18(16,17)6-3-9-1-4-13-5-2-9/h1-2,4-5,14-15H,3,6-8H2. The molecule has 0 atom stereocenters. The van der Waals surface area contributed by atoms with Crippen LogP contribution < -0.4 is 4.72 Å². The second-order valence-corrected chi connectivity index (χ2v) is 5.69. The molecule has 0 aromatic carbocycles. The van der Waals surface area contributed by atoms with E-state index in [1.807, 2.05) is 0 Å². The number of aryl methyl sites for hydroxylation is 1. The quantitative estimate of drug-likeness (QED) is 0.746. The smallest absolute Gasteiger partial charge is 0.283 e. The Morgan fingerprint density at radius 2 is 1.94 bits per heavy atom. The van der Waals surface area contributed by atoms with E-state index in [-0.39, 0.29) is 12.2 Å². The van der Waals surface area contributed by atoms with E-state index in [0.717, 1.165) is 5.56 Å². The average molecular weight is 280 g/mol. The van der Waals surface area contributed by atoms with Gasteiger partial charge in [-0.15, -0.1) is 0 Å². The third kappa shape index (κ3) is 5.48. The molecule has 0 saturated heterocycles. The van der Waals surface area contributed by atoms with E-state index in [9.17, 15) is 17.2 Å². The number of rotatable bonds is 7. The average Bonchev–Trinajstić information content (AvgIpc) is 2.36. The molecule has 0 amide bonds. The highest BCUT2D eigenvalue weighted by Crippen LogP contribution is 2.10. The fourth-order valence-electron chi connectivity index (χ4n) is 1.15. The van der Waals surface area contributed by atoms with E-state index < -0.39 is 29.1 Å². The maximum atomic E-state index is 12.7. The summed E-state index contributed by atoms with van der Waals surface area (Å²) in [6.45, 7) is -2.48. The van der Waals surface area contributed by atoms with Crippen molar-refractivity contribution in [2.75, 3.05) is 18.9 Å². The van der Waals surface area contributed by atoms with Crippen LogP contribution in [0, 0.1) is 0 Å². The molecule has 1 rings (SSSR count). The Morgan fingerprint density at radius 3 is 2.50 bits per heavy atom. The minimum Gasteiger partial charge on any atom is -0.390 e. The van der Waals surface area contributed by atoms with E-state index in [1.165, 1.54) is 12.4 Å². The molecule has 1 aromatic heterocycles. The number of pyridine rings is 1. The number of alkyl halides is 2. The summed E-state index contributed by atoms with van der Waals surface area (Å²) < 4.78 is 49.9. The lowest BCUT2D eigenvalue weighted by atomic mass is 10.2. The van der Waals surface area contributed by atoms with Crippen molar-refractivity contribution in [2.24, 2.45) is 0 Å². The van der Waals surface area contributed by atoms with Crippen molar-refractivity contribution in [1.29, 1.82) is 0 Å². The topological polar surface area (TPSA) is 79.3 Å². The molecular weight excluding hydrogens is 266 g/mol. The van der Waals surface area contributed by atoms with Crippen LogP contribution in [0.1, 0.15) is 5.56 Å². The van der Waals surface area contributed by atoms with Crippen molar-refractivity contribution in [1.82, 2.24) is 9.71 Å². The third-order valence-corrected chi connectivity index (χ3v) is 3.52. The van der Waals surface area contributed by atoms with Gasteiger partial charge in [0.1, 0.15) is 6.61 Å². The second-order valence-electron chi connectivity index (χ2n) is 3.76. The summed E-state index contributed by atoms with van der Waals surface area (Å²) in [6, 6.07) is 3.30. The zero-order valence-electron chi connectivity index (χ0n) is 9.51. The van der Waals surface area contributed by atoms with Gasteiger partial charge in [0.2, 0.25) is 10.0 Å². The van der Waals surface area contributed by atoms with Crippen LogP contribution in [-0.2, 0) is 16.4 Å². The van der Waals surface area contributed by atoms with Crippen LogP contribution in [0.3, 0.4) is 0 Å². The van der Waals surface area contributed by atoms with Crippen LogP contribution in [0.25, 0.3) is 0 Å². The van der Waals surface area contributed by atoms with Crippen molar-refractivity contribution in [3.8, 4) is 0 Å². The monoisotopic (exact) mass is 280 g/mol. The summed E-state index contributed by atoms with van der Waals surface area (Å²) >= 11 is 0. The number of hydrogen-bond acceptors (Lipinski definition) is 4. The molecule has 0 radical (unpaired) electrons. The first-order valence-electron chi connectivity index (χ1n) is 5.19. The first-order valence-corrected chi connectivity index (χ1v) is 6.85. The molecule has 1 heterocycles. The van der Waals surface area contributed by atoms with Crippen LogP contribution >= 0.6 is 0 Å². The van der Waals surface area contributed by atoms with Gasteiger partial charge in [-0.05, 0) is 24.1 Å². The number of nitrogens with one attached hydrogen (secondary N) is 1. The molecule has 0 aliphatic carbocycles. The van der Waals surface area contributed by atoms with Crippen LogP contribution in [0.4, 0.5) is 8.78 Å². The lowest BCUT2D eigenvalue weighted by Gasteiger charge is -2.14. The Morgan fingerprint density at radius 1 is 1.33 bits per heavy atom. The van der Waals surface area contributed by atoms with Crippen molar-refractivity contribution >= 4 is 10.0 Å². The van der Waals surface area contributed by atoms with Crippen molar-refractivity contribution in [3.05, 3.63) is 30.1 Å². The number of aliphatic hydroxyl groups is 1. The van der Waals surface area contributed by atoms with Gasteiger partial charge in [0, 0.05) is 12.4 Å². The highest BCUT2D eigenvalue weighted by Gasteiger charge is 2.29. The van der Waals surface area contributed by atoms with Crippen LogP contribution in [-0.4, -0.2) is 43.3 Å². The van der Waals surface area contributed by atoms with Gasteiger partial charge in [-0.3, -0.25) is 4.98 Å². The zero-order chi connectivity index (χ0) is 13.6. The maximum absolute atomic E-state index is 12.7. The molecule has 0 saturated carbocycles. The molecule has 0 aliphatic heterocycles. The fourth-order valence-corrected chi connectivity index (χ4v) is 2.23. The lowest BCUT2D eigenvalue weighted by Crippen LogP contribution is -2.40. The summed E-state index contributed by atoms with van der Waals surface area (Å²) in [7, 11) is -3.78. The lowest BCUT2D eigenvalue weighted by molar-refractivity contribution is -0.0437. The Balaban J connectivity index is 2.46. The Labute approximate surface area is 104 Å². The number of hydrogen-bond donors (Lipinski definition) is 2. The molecule has 2 N–H and O–H groups in total. The first-order chi connectivity index (χ1) is 8.35. The SMILES string of the molecule is O=S(=O)(CCc1ccncc1)NCC(F)(F)CO. The molecule has 102 valence electrons. The molecule has 1 aromatic rings. The van der Waals surface area contributed by atoms with Gasteiger partial charge < -0.3 is 5.11 Å². The van der Waals surface area contributed by atoms with E-state index in [1.54, 1.807) is 16.9 Å². The van der Waals surface area contributed by atoms with E-state index >= 15 is 0 Å². The van der Waals surface area contributed by atoms with E-state index in [4.69, 9.17) is 5.11 Å². The minimum absolute atomic E-state index is 0.211. The van der Waals surface area contributed by atoms with Crippen molar-refractivity contribution in [2.45, 2.75) is 12.3 Å². The predicted octanol–water partition coefficient (Wildman–Crippen LogP) is 0.171. The summed E-state index contributed by atoms with van der Waals surface area (Å²) in [4.78, 5) is 3.78. The molecule has 0 aliphatic rings. The number of halogens is 2. The van der Waals surface area contributed by atoms with Gasteiger partial charge in [0.05, 0.1) is 12.3 Å². The minimum atomic E-state index is -3.78. The van der Waals surface area contributed by atoms with Crippen LogP contribution in [0.5, 0.6) is 0 Å². The molecule has 0 unspecified atom stereocenters. The van der Waals surface area contributed by atoms with Crippen LogP contribution in [0.15, 0.2) is 24.5 Å². The molecular formula is C10H14F2N2O3S. The molecule has 0 bridgehead atoms. The normalized spacial score (nSPS) is 12.6. The molecule has 5 nitrogen and oxygen atoms in total. The van der Waals surface area contributed by atoms with Gasteiger partial charge in [0.25, 0.3) is 5.92 Å². The number of aliphatic hydroxyl groups excluding tert-OH is 1. The van der Waals surface area contributed by atoms with Gasteiger partial charge >= 0.3 is 0 Å². The fraction of sp³-hybridized carbons (Fsp3) is 0.500. The largest absolute Gasteiger partial charge is 0.390 e. The predicted molar refractivity (Wildman–Crippen MR) is 61.8 cm³/mol. The maximum Gasteiger partial charge on any atom is 0.283 e. The van der Waals surface area contributed by atoms with E-state index in [0.29, 0.717) is 0 Å². The van der Waals surface area contributed by atoms with Gasteiger partial charge in [-0.1, -0.05) is 0 Å². The number of nitrogens with zero attached hydrogens (tertiary/aromatic N) is 1. The van der Waals surface area contributed by atoms with Gasteiger partial charge in [-0.2, -0.15) is 0 Å². The molecule has 0 spiro atoms. The Bertz CT molecular complexity index is 465. The summed E-state index contributed by atoms with van der Waals surface area (Å²) in [5.41, 5.74) is 0.754. The Hall–Kier alpha value is -1.12. The second kappa shape index (κ2) is 6.17. The van der Waals surface area contributed by atoms with Crippen LogP contribution in [0.2, 0.25) is 0 Å². The summed E-state index contributed by atoms with van der Waals surface area (Å²) in [5, 5.41) is 8.31. The highest BCUT2D eigenvalue weighted by atomic mass is 32.2. The first kappa shape index (κ1) is 14.9. The summed E-state index contributed by atoms with van der Waals surface area (Å²) in [6.07, 6.45) is 3.26. The van der Waals surface area contributed by atoms with Crippen molar-refractivity contribution in [3.63, 3.8) is 0 Å². The summed E-state index contributed by atoms with van der Waals surface area (Å²) in [5.74, 6) is -3.73. The highest BCUT2D eigenvalue weighted by molar-refractivity contribution is 7.89. The van der Waals surface area contributed by atoms with Gasteiger partial charge in [-0.25, -0.2) is 21.9 Å².